The fraction of sp³-hybridized carbons (Fsp3) is 0.444. The number of thiophene rings is 1. The maximum atomic E-state index is 3.94. The Labute approximate surface area is 86.4 Å². The highest BCUT2D eigenvalue weighted by Gasteiger charge is 2.05. The van der Waals surface area contributed by atoms with Crippen LogP contribution in [-0.4, -0.2) is 20.6 Å². The van der Waals surface area contributed by atoms with E-state index in [9.17, 15) is 0 Å². The van der Waals surface area contributed by atoms with E-state index < -0.39 is 0 Å². The molecular formula is C9H12N4S. The zero-order valence-electron chi connectivity index (χ0n) is 8.03. The molecule has 2 aromatic heterocycles. The van der Waals surface area contributed by atoms with Gasteiger partial charge in [0.05, 0.1) is 4.88 Å². The zero-order valence-corrected chi connectivity index (χ0v) is 8.84. The molecule has 2 heterocycles. The van der Waals surface area contributed by atoms with Crippen molar-refractivity contribution in [3.05, 3.63) is 17.0 Å². The number of nitrogens with zero attached hydrogens (tertiary/aromatic N) is 3. The van der Waals surface area contributed by atoms with E-state index in [2.05, 4.69) is 39.7 Å². The number of aromatic nitrogens is 4. The van der Waals surface area contributed by atoms with Crippen molar-refractivity contribution < 1.29 is 0 Å². The summed E-state index contributed by atoms with van der Waals surface area (Å²) < 4.78 is 0. The number of aromatic amines is 1. The van der Waals surface area contributed by atoms with Crippen LogP contribution < -0.4 is 0 Å². The second-order valence-electron chi connectivity index (χ2n) is 3.10. The van der Waals surface area contributed by atoms with Crippen molar-refractivity contribution in [2.24, 2.45) is 0 Å². The summed E-state index contributed by atoms with van der Waals surface area (Å²) >= 11 is 1.75. The number of nitrogens with one attached hydrogen (secondary N) is 1. The monoisotopic (exact) mass is 208 g/mol. The highest BCUT2D eigenvalue weighted by atomic mass is 32.1. The van der Waals surface area contributed by atoms with Crippen LogP contribution in [0.5, 0.6) is 0 Å². The predicted octanol–water partition coefficient (Wildman–Crippen LogP) is 2.27. The van der Waals surface area contributed by atoms with E-state index in [1.165, 1.54) is 17.7 Å². The van der Waals surface area contributed by atoms with Crippen LogP contribution in [0.2, 0.25) is 0 Å². The molecule has 5 heteroatoms. The molecule has 74 valence electrons. The molecule has 14 heavy (non-hydrogen) atoms. The van der Waals surface area contributed by atoms with Crippen molar-refractivity contribution in [1.82, 2.24) is 20.6 Å². The number of tetrazole rings is 1. The van der Waals surface area contributed by atoms with Gasteiger partial charge in [0.2, 0.25) is 5.82 Å². The van der Waals surface area contributed by atoms with Crippen LogP contribution >= 0.6 is 11.3 Å². The molecule has 0 unspecified atom stereocenters. The first kappa shape index (κ1) is 9.33. The van der Waals surface area contributed by atoms with Gasteiger partial charge in [0.1, 0.15) is 0 Å². The molecule has 0 atom stereocenters. The smallest absolute Gasteiger partial charge is 0.177 e. The van der Waals surface area contributed by atoms with E-state index in [-0.39, 0.29) is 0 Å². The van der Waals surface area contributed by atoms with Crippen LogP contribution in [-0.2, 0) is 6.42 Å². The Morgan fingerprint density at radius 2 is 2.36 bits per heavy atom. The Morgan fingerprint density at radius 1 is 1.43 bits per heavy atom. The number of unbranched alkanes of at least 4 members (excludes halogenated alkanes) is 1. The second-order valence-corrected chi connectivity index (χ2v) is 4.27. The highest BCUT2D eigenvalue weighted by Crippen LogP contribution is 2.25. The molecule has 0 aliphatic rings. The molecular weight excluding hydrogens is 196 g/mol. The Kier molecular flexibility index (Phi) is 2.88. The van der Waals surface area contributed by atoms with Crippen molar-refractivity contribution in [3.8, 4) is 10.7 Å². The third-order valence-corrected chi connectivity index (χ3v) is 3.15. The average Bonchev–Trinajstić information content (AvgIpc) is 2.85. The van der Waals surface area contributed by atoms with Crippen molar-refractivity contribution in [2.45, 2.75) is 26.2 Å². The van der Waals surface area contributed by atoms with Gasteiger partial charge in [-0.3, -0.25) is 0 Å². The van der Waals surface area contributed by atoms with Gasteiger partial charge in [-0.1, -0.05) is 13.3 Å². The molecule has 0 amide bonds. The Hall–Kier alpha value is -1.23. The lowest BCUT2D eigenvalue weighted by atomic mass is 10.2. The Bertz CT molecular complexity index is 379. The minimum absolute atomic E-state index is 0.692. The zero-order chi connectivity index (χ0) is 9.80. The molecule has 0 radical (unpaired) electrons. The van der Waals surface area contributed by atoms with E-state index in [4.69, 9.17) is 0 Å². The minimum atomic E-state index is 0.692. The van der Waals surface area contributed by atoms with Gasteiger partial charge in [-0.15, -0.1) is 21.5 Å². The summed E-state index contributed by atoms with van der Waals surface area (Å²) in [5, 5.41) is 13.9. The van der Waals surface area contributed by atoms with E-state index >= 15 is 0 Å². The van der Waals surface area contributed by atoms with E-state index in [1.807, 2.05) is 0 Å². The summed E-state index contributed by atoms with van der Waals surface area (Å²) in [4.78, 5) is 2.48. The topological polar surface area (TPSA) is 54.5 Å². The summed E-state index contributed by atoms with van der Waals surface area (Å²) in [6.07, 6.45) is 3.63. The normalized spacial score (nSPS) is 10.6. The highest BCUT2D eigenvalue weighted by molar-refractivity contribution is 7.15. The molecule has 0 saturated heterocycles. The quantitative estimate of drug-likeness (QED) is 0.838. The predicted molar refractivity (Wildman–Crippen MR) is 56.1 cm³/mol. The summed E-state index contributed by atoms with van der Waals surface area (Å²) in [5.74, 6) is 0.692. The first-order valence-electron chi connectivity index (χ1n) is 4.72. The van der Waals surface area contributed by atoms with Crippen LogP contribution in [0.1, 0.15) is 24.6 Å². The van der Waals surface area contributed by atoms with Crippen LogP contribution in [0.3, 0.4) is 0 Å². The van der Waals surface area contributed by atoms with Crippen molar-refractivity contribution >= 4 is 11.3 Å². The molecule has 4 nitrogen and oxygen atoms in total. The Balaban J connectivity index is 2.10. The molecule has 1 N–H and O–H groups in total. The van der Waals surface area contributed by atoms with Crippen LogP contribution in [0, 0.1) is 0 Å². The molecule has 0 spiro atoms. The van der Waals surface area contributed by atoms with Crippen LogP contribution in [0.4, 0.5) is 0 Å². The minimum Gasteiger partial charge on any atom is -0.177 e. The maximum Gasteiger partial charge on any atom is 0.214 e. The average molecular weight is 208 g/mol. The van der Waals surface area contributed by atoms with Gasteiger partial charge in [0.15, 0.2) is 0 Å². The first-order chi connectivity index (χ1) is 6.90. The molecule has 0 aromatic carbocycles. The lowest BCUT2D eigenvalue weighted by Crippen LogP contribution is -1.76. The third kappa shape index (κ3) is 1.98. The van der Waals surface area contributed by atoms with Crippen molar-refractivity contribution in [1.29, 1.82) is 0 Å². The fourth-order valence-electron chi connectivity index (χ4n) is 1.25. The van der Waals surface area contributed by atoms with Gasteiger partial charge in [-0.05, 0) is 30.2 Å². The van der Waals surface area contributed by atoms with Gasteiger partial charge in [0.25, 0.3) is 0 Å². The summed E-state index contributed by atoms with van der Waals surface area (Å²) in [7, 11) is 0. The third-order valence-electron chi connectivity index (χ3n) is 2.00. The molecule has 2 aromatic rings. The van der Waals surface area contributed by atoms with Gasteiger partial charge >= 0.3 is 0 Å². The number of aryl methyl sites for hydroxylation is 1. The van der Waals surface area contributed by atoms with Crippen molar-refractivity contribution in [2.75, 3.05) is 0 Å². The van der Waals surface area contributed by atoms with E-state index in [0.29, 0.717) is 5.82 Å². The summed E-state index contributed by atoms with van der Waals surface area (Å²) in [6.45, 7) is 2.20. The molecule has 0 saturated carbocycles. The summed E-state index contributed by atoms with van der Waals surface area (Å²) in [6, 6.07) is 4.20. The molecule has 0 aliphatic heterocycles. The summed E-state index contributed by atoms with van der Waals surface area (Å²) in [5.41, 5.74) is 0. The van der Waals surface area contributed by atoms with E-state index in [1.54, 1.807) is 11.3 Å². The standard InChI is InChI=1S/C9H12N4S/c1-2-3-4-7-5-6-8(14-7)9-10-12-13-11-9/h5-6H,2-4H2,1H3,(H,10,11,12,13). The van der Waals surface area contributed by atoms with E-state index in [0.717, 1.165) is 11.3 Å². The molecule has 0 aliphatic carbocycles. The van der Waals surface area contributed by atoms with Gasteiger partial charge in [-0.25, -0.2) is 0 Å². The molecule has 0 bridgehead atoms. The molecule has 0 fully saturated rings. The van der Waals surface area contributed by atoms with Gasteiger partial charge < -0.3 is 0 Å². The lowest BCUT2D eigenvalue weighted by molar-refractivity contribution is 0.804. The number of rotatable bonds is 4. The molecule has 2 rings (SSSR count). The number of H-pyrrole nitrogens is 1. The SMILES string of the molecule is CCCCc1ccc(-c2nn[nH]n2)s1. The van der Waals surface area contributed by atoms with Gasteiger partial charge in [0, 0.05) is 4.88 Å². The van der Waals surface area contributed by atoms with Gasteiger partial charge in [-0.2, -0.15) is 5.21 Å². The van der Waals surface area contributed by atoms with Crippen molar-refractivity contribution in [3.63, 3.8) is 0 Å². The largest absolute Gasteiger partial charge is 0.214 e. The first-order valence-corrected chi connectivity index (χ1v) is 5.54. The fourth-order valence-corrected chi connectivity index (χ4v) is 2.23. The van der Waals surface area contributed by atoms with Crippen LogP contribution in [0.25, 0.3) is 10.7 Å². The number of hydrogen-bond donors (Lipinski definition) is 1. The second kappa shape index (κ2) is 4.32. The van der Waals surface area contributed by atoms with Crippen LogP contribution in [0.15, 0.2) is 12.1 Å². The number of hydrogen-bond acceptors (Lipinski definition) is 4. The lowest BCUT2D eigenvalue weighted by Gasteiger charge is -1.91. The maximum absolute atomic E-state index is 3.94. The Morgan fingerprint density at radius 3 is 3.07 bits per heavy atom.